The van der Waals surface area contributed by atoms with E-state index in [9.17, 15) is 22.4 Å². The molecule has 2 heterocycles. The number of anilines is 1. The van der Waals surface area contributed by atoms with Crippen molar-refractivity contribution in [1.29, 1.82) is 0 Å². The van der Waals surface area contributed by atoms with Crippen LogP contribution >= 0.6 is 0 Å². The lowest BCUT2D eigenvalue weighted by Crippen LogP contribution is -2.50. The first-order valence-electron chi connectivity index (χ1n) is 9.10. The number of carbonyl (C=O) groups is 2. The summed E-state index contributed by atoms with van der Waals surface area (Å²) in [6, 6.07) is 9.78. The summed E-state index contributed by atoms with van der Waals surface area (Å²) in [4.78, 5) is 29.8. The van der Waals surface area contributed by atoms with Crippen LogP contribution < -0.4 is 5.32 Å². The lowest BCUT2D eigenvalue weighted by molar-refractivity contribution is -0.133. The van der Waals surface area contributed by atoms with Gasteiger partial charge in [-0.2, -0.15) is 4.31 Å². The topological polar surface area (TPSA) is 99.7 Å². The van der Waals surface area contributed by atoms with Gasteiger partial charge in [-0.05, 0) is 36.4 Å². The fourth-order valence-electron chi connectivity index (χ4n) is 2.95. The van der Waals surface area contributed by atoms with Gasteiger partial charge >= 0.3 is 0 Å². The molecule has 1 saturated heterocycles. The Morgan fingerprint density at radius 1 is 1.00 bits per heavy atom. The highest BCUT2D eigenvalue weighted by Crippen LogP contribution is 2.18. The molecule has 0 saturated carbocycles. The Hall–Kier alpha value is -2.85. The van der Waals surface area contributed by atoms with Crippen molar-refractivity contribution in [2.45, 2.75) is 17.7 Å². The molecule has 0 bridgehead atoms. The molecule has 1 aromatic carbocycles. The number of sulfonamides is 1. The van der Waals surface area contributed by atoms with Gasteiger partial charge in [0.15, 0.2) is 0 Å². The minimum atomic E-state index is -3.73. The molecule has 0 unspecified atom stereocenters. The minimum Gasteiger partial charge on any atom is -0.340 e. The predicted octanol–water partition coefficient (Wildman–Crippen LogP) is 1.47. The Morgan fingerprint density at radius 3 is 2.31 bits per heavy atom. The van der Waals surface area contributed by atoms with Crippen molar-refractivity contribution in [3.63, 3.8) is 0 Å². The summed E-state index contributed by atoms with van der Waals surface area (Å²) in [7, 11) is -3.73. The minimum absolute atomic E-state index is 0.0174. The van der Waals surface area contributed by atoms with E-state index in [0.29, 0.717) is 5.82 Å². The van der Waals surface area contributed by atoms with E-state index in [4.69, 9.17) is 0 Å². The Kier molecular flexibility index (Phi) is 6.55. The van der Waals surface area contributed by atoms with E-state index in [2.05, 4.69) is 10.3 Å². The van der Waals surface area contributed by atoms with Crippen molar-refractivity contribution in [1.82, 2.24) is 14.2 Å². The van der Waals surface area contributed by atoms with Gasteiger partial charge in [-0.1, -0.05) is 6.07 Å². The van der Waals surface area contributed by atoms with Crippen LogP contribution in [0.1, 0.15) is 12.8 Å². The van der Waals surface area contributed by atoms with E-state index < -0.39 is 15.8 Å². The van der Waals surface area contributed by atoms with Crippen molar-refractivity contribution in [3.8, 4) is 0 Å². The zero-order valence-corrected chi connectivity index (χ0v) is 16.4. The van der Waals surface area contributed by atoms with Gasteiger partial charge in [0.05, 0.1) is 4.90 Å². The standard InChI is InChI=1S/C19H21FN4O4S/c20-15-4-6-16(7-5-15)29(27,28)24-13-11-23(12-14-24)19(26)9-8-18(25)22-17-3-1-2-10-21-17/h1-7,10H,8-9,11-14H2,(H,21,22,25). The zero-order chi connectivity index (χ0) is 20.9. The average molecular weight is 420 g/mol. The molecule has 8 nitrogen and oxygen atoms in total. The summed E-state index contributed by atoms with van der Waals surface area (Å²) in [5.74, 6) is -0.606. The molecule has 0 atom stereocenters. The van der Waals surface area contributed by atoms with Gasteiger partial charge < -0.3 is 10.2 Å². The molecular formula is C19H21FN4O4S. The Morgan fingerprint density at radius 2 is 1.69 bits per heavy atom. The van der Waals surface area contributed by atoms with Crippen LogP contribution in [0.15, 0.2) is 53.6 Å². The molecule has 0 radical (unpaired) electrons. The SMILES string of the molecule is O=C(CCC(=O)N1CCN(S(=O)(=O)c2ccc(F)cc2)CC1)Nc1ccccn1. The van der Waals surface area contributed by atoms with Crippen LogP contribution in [0.25, 0.3) is 0 Å². The van der Waals surface area contributed by atoms with Gasteiger partial charge in [0.1, 0.15) is 11.6 Å². The monoisotopic (exact) mass is 420 g/mol. The van der Waals surface area contributed by atoms with Crippen LogP contribution in [0.3, 0.4) is 0 Å². The Labute approximate surface area is 168 Å². The van der Waals surface area contributed by atoms with Gasteiger partial charge in [0.25, 0.3) is 0 Å². The average Bonchev–Trinajstić information content (AvgIpc) is 2.73. The smallest absolute Gasteiger partial charge is 0.243 e. The molecule has 0 aliphatic carbocycles. The molecule has 1 fully saturated rings. The van der Waals surface area contributed by atoms with Crippen LogP contribution in [0.5, 0.6) is 0 Å². The number of carbonyl (C=O) groups excluding carboxylic acids is 2. The summed E-state index contributed by atoms with van der Waals surface area (Å²) >= 11 is 0. The molecule has 3 rings (SSSR count). The van der Waals surface area contributed by atoms with Gasteiger partial charge in [0.2, 0.25) is 21.8 Å². The maximum absolute atomic E-state index is 13.0. The van der Waals surface area contributed by atoms with E-state index in [1.54, 1.807) is 29.3 Å². The van der Waals surface area contributed by atoms with Gasteiger partial charge in [-0.25, -0.2) is 17.8 Å². The fraction of sp³-hybridized carbons (Fsp3) is 0.316. The summed E-state index contributed by atoms with van der Waals surface area (Å²) in [6.45, 7) is 0.763. The number of piperazine rings is 1. The second-order valence-corrected chi connectivity index (χ2v) is 8.44. The molecular weight excluding hydrogens is 399 g/mol. The number of hydrogen-bond donors (Lipinski definition) is 1. The second-order valence-electron chi connectivity index (χ2n) is 6.50. The normalized spacial score (nSPS) is 15.1. The van der Waals surface area contributed by atoms with E-state index in [0.717, 1.165) is 12.1 Å². The van der Waals surface area contributed by atoms with Crippen LogP contribution in [0.4, 0.5) is 10.2 Å². The number of amides is 2. The third kappa shape index (κ3) is 5.36. The highest BCUT2D eigenvalue weighted by molar-refractivity contribution is 7.89. The number of hydrogen-bond acceptors (Lipinski definition) is 5. The van der Waals surface area contributed by atoms with E-state index in [-0.39, 0.29) is 55.7 Å². The van der Waals surface area contributed by atoms with Crippen LogP contribution in [-0.4, -0.2) is 60.6 Å². The number of aromatic nitrogens is 1. The maximum Gasteiger partial charge on any atom is 0.243 e. The van der Waals surface area contributed by atoms with Crippen molar-refractivity contribution in [2.75, 3.05) is 31.5 Å². The van der Waals surface area contributed by atoms with E-state index in [1.807, 2.05) is 0 Å². The van der Waals surface area contributed by atoms with Gasteiger partial charge in [-0.15, -0.1) is 0 Å². The summed E-state index contributed by atoms with van der Waals surface area (Å²) < 4.78 is 39.5. The lowest BCUT2D eigenvalue weighted by Gasteiger charge is -2.34. The first-order chi connectivity index (χ1) is 13.9. The Bertz CT molecular complexity index is 959. The maximum atomic E-state index is 13.0. The first-order valence-corrected chi connectivity index (χ1v) is 10.5. The summed E-state index contributed by atoms with van der Waals surface area (Å²) in [5, 5.41) is 2.61. The molecule has 2 amide bonds. The van der Waals surface area contributed by atoms with E-state index >= 15 is 0 Å². The molecule has 10 heteroatoms. The number of benzene rings is 1. The van der Waals surface area contributed by atoms with Crippen LogP contribution in [0.2, 0.25) is 0 Å². The highest BCUT2D eigenvalue weighted by atomic mass is 32.2. The number of halogens is 1. The van der Waals surface area contributed by atoms with Gasteiger partial charge in [-0.3, -0.25) is 9.59 Å². The molecule has 154 valence electrons. The molecule has 1 N–H and O–H groups in total. The van der Waals surface area contributed by atoms with Crippen LogP contribution in [-0.2, 0) is 19.6 Å². The second kappa shape index (κ2) is 9.10. The Balaban J connectivity index is 1.48. The molecule has 29 heavy (non-hydrogen) atoms. The number of nitrogens with zero attached hydrogens (tertiary/aromatic N) is 3. The zero-order valence-electron chi connectivity index (χ0n) is 15.6. The largest absolute Gasteiger partial charge is 0.340 e. The van der Waals surface area contributed by atoms with Crippen molar-refractivity contribution < 1.29 is 22.4 Å². The predicted molar refractivity (Wildman–Crippen MR) is 104 cm³/mol. The van der Waals surface area contributed by atoms with Crippen molar-refractivity contribution in [2.24, 2.45) is 0 Å². The third-order valence-electron chi connectivity index (χ3n) is 4.54. The lowest BCUT2D eigenvalue weighted by atomic mass is 10.2. The molecule has 0 spiro atoms. The number of pyridine rings is 1. The highest BCUT2D eigenvalue weighted by Gasteiger charge is 2.30. The number of nitrogens with one attached hydrogen (secondary N) is 1. The molecule has 2 aromatic rings. The number of rotatable bonds is 6. The van der Waals surface area contributed by atoms with Crippen molar-refractivity contribution >= 4 is 27.7 Å². The third-order valence-corrected chi connectivity index (χ3v) is 6.45. The van der Waals surface area contributed by atoms with Crippen LogP contribution in [0, 0.1) is 5.82 Å². The molecule has 1 aliphatic heterocycles. The fourth-order valence-corrected chi connectivity index (χ4v) is 4.38. The van der Waals surface area contributed by atoms with Crippen molar-refractivity contribution in [3.05, 3.63) is 54.5 Å². The summed E-state index contributed by atoms with van der Waals surface area (Å²) in [6.07, 6.45) is 1.60. The van der Waals surface area contributed by atoms with E-state index in [1.165, 1.54) is 16.4 Å². The van der Waals surface area contributed by atoms with Gasteiger partial charge in [0, 0.05) is 45.2 Å². The molecule has 1 aromatic heterocycles. The quantitative estimate of drug-likeness (QED) is 0.763. The molecule has 1 aliphatic rings. The summed E-state index contributed by atoms with van der Waals surface area (Å²) in [5.41, 5.74) is 0. The first kappa shape index (κ1) is 20.9.